The lowest BCUT2D eigenvalue weighted by Crippen LogP contribution is -2.41. The second-order valence-corrected chi connectivity index (χ2v) is 2.85. The monoisotopic (exact) mass is 160 g/mol. The number of carboxylic acid groups (broad SMARTS) is 1. The van der Waals surface area contributed by atoms with E-state index in [1.807, 2.05) is 13.8 Å². The van der Waals surface area contributed by atoms with Crippen molar-refractivity contribution in [2.45, 2.75) is 32.4 Å². The number of nitrogens with one attached hydrogen (secondary N) is 1. The van der Waals surface area contributed by atoms with Crippen LogP contribution in [-0.4, -0.2) is 29.7 Å². The highest BCUT2D eigenvalue weighted by molar-refractivity contribution is 5.67. The van der Waals surface area contributed by atoms with Crippen LogP contribution in [0.25, 0.3) is 0 Å². The van der Waals surface area contributed by atoms with Crippen LogP contribution < -0.4 is 11.1 Å². The van der Waals surface area contributed by atoms with E-state index in [-0.39, 0.29) is 18.5 Å². The molecule has 0 aliphatic carbocycles. The molecule has 0 aromatic carbocycles. The summed E-state index contributed by atoms with van der Waals surface area (Å²) in [5.74, 6) is -0.811. The van der Waals surface area contributed by atoms with Crippen molar-refractivity contribution in [1.29, 1.82) is 0 Å². The first-order valence-electron chi connectivity index (χ1n) is 3.74. The number of carboxylic acids is 1. The van der Waals surface area contributed by atoms with Crippen molar-refractivity contribution in [3.05, 3.63) is 0 Å². The molecule has 0 amide bonds. The third-order valence-corrected chi connectivity index (χ3v) is 1.27. The van der Waals surface area contributed by atoms with Gasteiger partial charge < -0.3 is 16.2 Å². The van der Waals surface area contributed by atoms with Gasteiger partial charge in [0.15, 0.2) is 0 Å². The van der Waals surface area contributed by atoms with Crippen molar-refractivity contribution in [2.24, 2.45) is 5.73 Å². The summed E-state index contributed by atoms with van der Waals surface area (Å²) in [5, 5.41) is 11.5. The van der Waals surface area contributed by atoms with Gasteiger partial charge in [-0.15, -0.1) is 0 Å². The van der Waals surface area contributed by atoms with Gasteiger partial charge in [0.05, 0.1) is 6.42 Å². The second-order valence-electron chi connectivity index (χ2n) is 2.85. The third kappa shape index (κ3) is 5.82. The zero-order valence-corrected chi connectivity index (χ0v) is 7.00. The van der Waals surface area contributed by atoms with Gasteiger partial charge in [-0.2, -0.15) is 0 Å². The average molecular weight is 160 g/mol. The van der Waals surface area contributed by atoms with Gasteiger partial charge in [-0.05, 0) is 0 Å². The highest BCUT2D eigenvalue weighted by atomic mass is 16.4. The molecule has 0 aromatic heterocycles. The Hall–Kier alpha value is -0.610. The van der Waals surface area contributed by atoms with E-state index in [0.29, 0.717) is 6.54 Å². The number of hydrogen-bond donors (Lipinski definition) is 3. The molecule has 0 spiro atoms. The summed E-state index contributed by atoms with van der Waals surface area (Å²) in [6.45, 7) is 4.29. The second kappa shape index (κ2) is 5.09. The van der Waals surface area contributed by atoms with E-state index in [2.05, 4.69) is 5.32 Å². The minimum Gasteiger partial charge on any atom is -0.481 e. The largest absolute Gasteiger partial charge is 0.481 e. The van der Waals surface area contributed by atoms with Crippen LogP contribution >= 0.6 is 0 Å². The van der Waals surface area contributed by atoms with Crippen molar-refractivity contribution in [1.82, 2.24) is 5.32 Å². The molecule has 11 heavy (non-hydrogen) atoms. The van der Waals surface area contributed by atoms with Crippen LogP contribution in [0.2, 0.25) is 0 Å². The lowest BCUT2D eigenvalue weighted by atomic mass is 10.2. The van der Waals surface area contributed by atoms with Crippen LogP contribution in [0.1, 0.15) is 20.3 Å². The van der Waals surface area contributed by atoms with Gasteiger partial charge in [-0.3, -0.25) is 4.79 Å². The summed E-state index contributed by atoms with van der Waals surface area (Å²) in [6, 6.07) is 0.176. The summed E-state index contributed by atoms with van der Waals surface area (Å²) in [7, 11) is 0. The smallest absolute Gasteiger partial charge is 0.304 e. The zero-order chi connectivity index (χ0) is 8.85. The minimum absolute atomic E-state index is 0.0919. The molecule has 4 heteroatoms. The standard InChI is InChI=1S/C7H16N2O2/c1-5(2)9-6(4-8)3-7(10)11/h5-6,9H,3-4,8H2,1-2H3,(H,10,11). The zero-order valence-electron chi connectivity index (χ0n) is 7.00. The van der Waals surface area contributed by atoms with Gasteiger partial charge in [0.2, 0.25) is 0 Å². The number of aliphatic carboxylic acids is 1. The molecule has 0 bridgehead atoms. The first-order chi connectivity index (χ1) is 5.06. The fourth-order valence-electron chi connectivity index (χ4n) is 0.892. The van der Waals surface area contributed by atoms with Crippen LogP contribution in [0.5, 0.6) is 0 Å². The number of rotatable bonds is 5. The lowest BCUT2D eigenvalue weighted by Gasteiger charge is -2.17. The van der Waals surface area contributed by atoms with E-state index in [4.69, 9.17) is 10.8 Å². The molecule has 0 aliphatic heterocycles. The summed E-state index contributed by atoms with van der Waals surface area (Å²) < 4.78 is 0. The molecular formula is C7H16N2O2. The Morgan fingerprint density at radius 1 is 1.64 bits per heavy atom. The van der Waals surface area contributed by atoms with E-state index < -0.39 is 5.97 Å². The highest BCUT2D eigenvalue weighted by Crippen LogP contribution is 1.91. The van der Waals surface area contributed by atoms with E-state index in [1.54, 1.807) is 0 Å². The maximum atomic E-state index is 10.3. The molecule has 0 aromatic rings. The molecular weight excluding hydrogens is 144 g/mol. The van der Waals surface area contributed by atoms with Crippen LogP contribution in [0.15, 0.2) is 0 Å². The molecule has 0 aliphatic rings. The maximum absolute atomic E-state index is 10.3. The van der Waals surface area contributed by atoms with E-state index >= 15 is 0 Å². The van der Waals surface area contributed by atoms with Gasteiger partial charge in [0, 0.05) is 18.6 Å². The van der Waals surface area contributed by atoms with Gasteiger partial charge in [-0.1, -0.05) is 13.8 Å². The van der Waals surface area contributed by atoms with Gasteiger partial charge in [0.1, 0.15) is 0 Å². The normalized spacial score (nSPS) is 13.5. The van der Waals surface area contributed by atoms with Gasteiger partial charge in [-0.25, -0.2) is 0 Å². The van der Waals surface area contributed by atoms with Gasteiger partial charge in [0.25, 0.3) is 0 Å². The van der Waals surface area contributed by atoms with E-state index in [1.165, 1.54) is 0 Å². The summed E-state index contributed by atoms with van der Waals surface area (Å²) >= 11 is 0. The first-order valence-corrected chi connectivity index (χ1v) is 3.74. The molecule has 0 saturated heterocycles. The Bertz CT molecular complexity index is 126. The molecule has 0 rings (SSSR count). The predicted molar refractivity (Wildman–Crippen MR) is 43.4 cm³/mol. The summed E-state index contributed by atoms with van der Waals surface area (Å²) in [5.41, 5.74) is 5.34. The van der Waals surface area contributed by atoms with E-state index in [9.17, 15) is 4.79 Å². The molecule has 0 saturated carbocycles. The molecule has 0 heterocycles. The van der Waals surface area contributed by atoms with Crippen LogP contribution in [0.4, 0.5) is 0 Å². The predicted octanol–water partition coefficient (Wildman–Crippen LogP) is -0.214. The number of carbonyl (C=O) groups is 1. The Balaban J connectivity index is 3.66. The minimum atomic E-state index is -0.811. The SMILES string of the molecule is CC(C)NC(CN)CC(=O)O. The maximum Gasteiger partial charge on any atom is 0.304 e. The Morgan fingerprint density at radius 3 is 2.45 bits per heavy atom. The van der Waals surface area contributed by atoms with Crippen LogP contribution in [0, 0.1) is 0 Å². The molecule has 1 atom stereocenters. The fraction of sp³-hybridized carbons (Fsp3) is 0.857. The molecule has 0 radical (unpaired) electrons. The van der Waals surface area contributed by atoms with Crippen molar-refractivity contribution in [2.75, 3.05) is 6.54 Å². The summed E-state index contributed by atoms with van der Waals surface area (Å²) in [4.78, 5) is 10.3. The topological polar surface area (TPSA) is 75.3 Å². The Labute approximate surface area is 66.8 Å². The highest BCUT2D eigenvalue weighted by Gasteiger charge is 2.11. The molecule has 0 fully saturated rings. The number of hydrogen-bond acceptors (Lipinski definition) is 3. The lowest BCUT2D eigenvalue weighted by molar-refractivity contribution is -0.137. The molecule has 4 N–H and O–H groups in total. The van der Waals surface area contributed by atoms with Gasteiger partial charge >= 0.3 is 5.97 Å². The van der Waals surface area contributed by atoms with Crippen molar-refractivity contribution in [3.8, 4) is 0 Å². The Kier molecular flexibility index (Phi) is 4.81. The molecule has 1 unspecified atom stereocenters. The quantitative estimate of drug-likeness (QED) is 0.520. The van der Waals surface area contributed by atoms with Crippen molar-refractivity contribution < 1.29 is 9.90 Å². The Morgan fingerprint density at radius 2 is 2.18 bits per heavy atom. The average Bonchev–Trinajstić information content (AvgIpc) is 1.84. The van der Waals surface area contributed by atoms with E-state index in [0.717, 1.165) is 0 Å². The van der Waals surface area contributed by atoms with Crippen LogP contribution in [0.3, 0.4) is 0 Å². The molecule has 66 valence electrons. The molecule has 4 nitrogen and oxygen atoms in total. The summed E-state index contributed by atoms with van der Waals surface area (Å²) in [6.07, 6.45) is 0.0919. The van der Waals surface area contributed by atoms with Crippen molar-refractivity contribution >= 4 is 5.97 Å². The van der Waals surface area contributed by atoms with Crippen LogP contribution in [-0.2, 0) is 4.79 Å². The first kappa shape index (κ1) is 10.4. The number of nitrogens with two attached hydrogens (primary N) is 1. The van der Waals surface area contributed by atoms with Crippen molar-refractivity contribution in [3.63, 3.8) is 0 Å². The third-order valence-electron chi connectivity index (χ3n) is 1.27. The fourth-order valence-corrected chi connectivity index (χ4v) is 0.892.